The topological polar surface area (TPSA) is 12.0 Å². The molecular formula is C15H24BrNS. The van der Waals surface area contributed by atoms with Crippen LogP contribution >= 0.6 is 27.3 Å². The minimum absolute atomic E-state index is 0.681. The number of halogens is 1. The number of nitrogens with one attached hydrogen (secondary N) is 1. The van der Waals surface area contributed by atoms with E-state index >= 15 is 0 Å². The molecule has 0 radical (unpaired) electrons. The van der Waals surface area contributed by atoms with E-state index in [-0.39, 0.29) is 0 Å². The molecule has 1 aliphatic carbocycles. The molecule has 0 aromatic carbocycles. The standard InChI is InChI=1S/C15H24BrNS/c1-3-6-17-15(12-5-4-11(2)7-12)9-14-8-13(16)10-18-14/h8,10-12,15,17H,3-7,9H2,1-2H3. The summed E-state index contributed by atoms with van der Waals surface area (Å²) in [6.45, 7) is 5.81. The van der Waals surface area contributed by atoms with E-state index in [4.69, 9.17) is 0 Å². The maximum absolute atomic E-state index is 3.78. The van der Waals surface area contributed by atoms with Crippen molar-refractivity contribution in [1.82, 2.24) is 5.32 Å². The Morgan fingerprint density at radius 2 is 2.33 bits per heavy atom. The van der Waals surface area contributed by atoms with Crippen LogP contribution in [0.2, 0.25) is 0 Å². The first-order chi connectivity index (χ1) is 8.69. The van der Waals surface area contributed by atoms with Gasteiger partial charge in [-0.15, -0.1) is 11.3 Å². The second-order valence-electron chi connectivity index (χ2n) is 5.67. The summed E-state index contributed by atoms with van der Waals surface area (Å²) in [7, 11) is 0. The van der Waals surface area contributed by atoms with Crippen LogP contribution in [0.5, 0.6) is 0 Å². The first-order valence-electron chi connectivity index (χ1n) is 7.15. The van der Waals surface area contributed by atoms with Crippen LogP contribution in [-0.2, 0) is 6.42 Å². The Balaban J connectivity index is 1.96. The number of hydrogen-bond acceptors (Lipinski definition) is 2. The molecule has 3 atom stereocenters. The molecule has 1 aliphatic rings. The Morgan fingerprint density at radius 1 is 1.50 bits per heavy atom. The number of rotatable bonds is 6. The zero-order chi connectivity index (χ0) is 13.0. The van der Waals surface area contributed by atoms with Gasteiger partial charge in [0.05, 0.1) is 0 Å². The van der Waals surface area contributed by atoms with Gasteiger partial charge in [0, 0.05) is 20.8 Å². The van der Waals surface area contributed by atoms with Gasteiger partial charge in [-0.05, 0) is 66.1 Å². The van der Waals surface area contributed by atoms with E-state index in [2.05, 4.69) is 46.5 Å². The van der Waals surface area contributed by atoms with Gasteiger partial charge < -0.3 is 5.32 Å². The third-order valence-electron chi connectivity index (χ3n) is 4.00. The van der Waals surface area contributed by atoms with Gasteiger partial charge in [0.2, 0.25) is 0 Å². The van der Waals surface area contributed by atoms with Gasteiger partial charge in [-0.3, -0.25) is 0 Å². The average molecular weight is 330 g/mol. The highest BCUT2D eigenvalue weighted by atomic mass is 79.9. The normalized spacial score (nSPS) is 25.5. The molecule has 3 unspecified atom stereocenters. The molecule has 0 saturated heterocycles. The molecule has 0 bridgehead atoms. The van der Waals surface area contributed by atoms with Gasteiger partial charge in [0.15, 0.2) is 0 Å². The Labute approximate surface area is 123 Å². The van der Waals surface area contributed by atoms with Crippen LogP contribution in [0.3, 0.4) is 0 Å². The fraction of sp³-hybridized carbons (Fsp3) is 0.733. The average Bonchev–Trinajstić information content (AvgIpc) is 2.93. The molecule has 1 fully saturated rings. The van der Waals surface area contributed by atoms with Crippen LogP contribution < -0.4 is 5.32 Å². The van der Waals surface area contributed by atoms with Gasteiger partial charge in [0.25, 0.3) is 0 Å². The minimum Gasteiger partial charge on any atom is -0.313 e. The van der Waals surface area contributed by atoms with Crippen molar-refractivity contribution in [2.45, 2.75) is 52.0 Å². The van der Waals surface area contributed by atoms with Crippen molar-refractivity contribution in [2.75, 3.05) is 6.54 Å². The second-order valence-corrected chi connectivity index (χ2v) is 7.59. The summed E-state index contributed by atoms with van der Waals surface area (Å²) in [5.74, 6) is 1.81. The molecule has 1 N–H and O–H groups in total. The van der Waals surface area contributed by atoms with E-state index in [9.17, 15) is 0 Å². The summed E-state index contributed by atoms with van der Waals surface area (Å²) < 4.78 is 1.23. The molecule has 1 saturated carbocycles. The van der Waals surface area contributed by atoms with Crippen molar-refractivity contribution < 1.29 is 0 Å². The SMILES string of the molecule is CCCNC(Cc1cc(Br)cs1)C1CCC(C)C1. The van der Waals surface area contributed by atoms with Gasteiger partial charge in [0.1, 0.15) is 0 Å². The molecular weight excluding hydrogens is 306 g/mol. The monoisotopic (exact) mass is 329 g/mol. The fourth-order valence-corrected chi connectivity index (χ4v) is 4.54. The molecule has 0 aliphatic heterocycles. The highest BCUT2D eigenvalue weighted by Crippen LogP contribution is 2.34. The molecule has 1 heterocycles. The summed E-state index contributed by atoms with van der Waals surface area (Å²) in [5.41, 5.74) is 0. The molecule has 1 aromatic heterocycles. The van der Waals surface area contributed by atoms with Crippen LogP contribution in [0.4, 0.5) is 0 Å². The van der Waals surface area contributed by atoms with Gasteiger partial charge in [-0.1, -0.05) is 20.3 Å². The summed E-state index contributed by atoms with van der Waals surface area (Å²) in [6.07, 6.45) is 6.67. The lowest BCUT2D eigenvalue weighted by Gasteiger charge is -2.24. The zero-order valence-electron chi connectivity index (χ0n) is 11.4. The third kappa shape index (κ3) is 4.07. The summed E-state index contributed by atoms with van der Waals surface area (Å²) in [5, 5.41) is 5.98. The molecule has 18 heavy (non-hydrogen) atoms. The lowest BCUT2D eigenvalue weighted by Crippen LogP contribution is -2.37. The van der Waals surface area contributed by atoms with E-state index in [0.29, 0.717) is 6.04 Å². The molecule has 2 rings (SSSR count). The molecule has 102 valence electrons. The van der Waals surface area contributed by atoms with E-state index in [0.717, 1.165) is 18.4 Å². The molecule has 1 nitrogen and oxygen atoms in total. The van der Waals surface area contributed by atoms with Crippen molar-refractivity contribution in [3.8, 4) is 0 Å². The number of thiophene rings is 1. The largest absolute Gasteiger partial charge is 0.313 e. The first kappa shape index (κ1) is 14.5. The van der Waals surface area contributed by atoms with Crippen molar-refractivity contribution >= 4 is 27.3 Å². The predicted octanol–water partition coefficient (Wildman–Crippen LogP) is 4.86. The Bertz CT molecular complexity index is 363. The van der Waals surface area contributed by atoms with Crippen LogP contribution in [0.15, 0.2) is 15.9 Å². The summed E-state index contributed by atoms with van der Waals surface area (Å²) in [4.78, 5) is 1.51. The molecule has 3 heteroatoms. The van der Waals surface area contributed by atoms with Gasteiger partial charge in [-0.25, -0.2) is 0 Å². The van der Waals surface area contributed by atoms with Gasteiger partial charge >= 0.3 is 0 Å². The highest BCUT2D eigenvalue weighted by Gasteiger charge is 2.28. The lowest BCUT2D eigenvalue weighted by molar-refractivity contribution is 0.350. The Morgan fingerprint density at radius 3 is 2.89 bits per heavy atom. The Kier molecular flexibility index (Phi) is 5.71. The maximum atomic E-state index is 3.78. The van der Waals surface area contributed by atoms with Crippen molar-refractivity contribution in [1.29, 1.82) is 0 Å². The second kappa shape index (κ2) is 7.06. The fourth-order valence-electron chi connectivity index (χ4n) is 3.03. The van der Waals surface area contributed by atoms with Crippen LogP contribution in [0.25, 0.3) is 0 Å². The van der Waals surface area contributed by atoms with Crippen LogP contribution in [0.1, 0.15) is 44.4 Å². The lowest BCUT2D eigenvalue weighted by atomic mass is 9.93. The van der Waals surface area contributed by atoms with Crippen molar-refractivity contribution in [2.24, 2.45) is 11.8 Å². The summed E-state index contributed by atoms with van der Waals surface area (Å²) >= 11 is 5.44. The van der Waals surface area contributed by atoms with E-state index < -0.39 is 0 Å². The van der Waals surface area contributed by atoms with E-state index in [1.54, 1.807) is 0 Å². The molecule has 0 spiro atoms. The number of hydrogen-bond donors (Lipinski definition) is 1. The quantitative estimate of drug-likeness (QED) is 0.786. The van der Waals surface area contributed by atoms with Gasteiger partial charge in [-0.2, -0.15) is 0 Å². The van der Waals surface area contributed by atoms with Crippen LogP contribution in [-0.4, -0.2) is 12.6 Å². The predicted molar refractivity (Wildman–Crippen MR) is 84.3 cm³/mol. The van der Waals surface area contributed by atoms with E-state index in [1.807, 2.05) is 11.3 Å². The first-order valence-corrected chi connectivity index (χ1v) is 8.82. The van der Waals surface area contributed by atoms with Crippen molar-refractivity contribution in [3.63, 3.8) is 0 Å². The minimum atomic E-state index is 0.681. The zero-order valence-corrected chi connectivity index (χ0v) is 13.8. The Hall–Kier alpha value is 0.140. The summed E-state index contributed by atoms with van der Waals surface area (Å²) in [6, 6.07) is 2.96. The maximum Gasteiger partial charge on any atom is 0.0285 e. The molecule has 0 amide bonds. The third-order valence-corrected chi connectivity index (χ3v) is 5.72. The highest BCUT2D eigenvalue weighted by molar-refractivity contribution is 9.10. The van der Waals surface area contributed by atoms with E-state index in [1.165, 1.54) is 41.5 Å². The smallest absolute Gasteiger partial charge is 0.0285 e. The van der Waals surface area contributed by atoms with Crippen LogP contribution in [0, 0.1) is 11.8 Å². The molecule has 1 aromatic rings. The van der Waals surface area contributed by atoms with Crippen molar-refractivity contribution in [3.05, 3.63) is 20.8 Å².